The van der Waals surface area contributed by atoms with E-state index in [9.17, 15) is 0 Å². The maximum atomic E-state index is 5.85. The first kappa shape index (κ1) is 9.96. The highest BCUT2D eigenvalue weighted by molar-refractivity contribution is 5.98. The molecule has 0 unspecified atom stereocenters. The Bertz CT molecular complexity index is 694. The topological polar surface area (TPSA) is 67.8 Å². The number of nitrogen functional groups attached to an aromatic ring is 1. The molecule has 2 aromatic heterocycles. The monoisotopic (exact) mass is 227 g/mol. The molecule has 0 saturated carbocycles. The molecule has 0 atom stereocenters. The fourth-order valence-corrected chi connectivity index (χ4v) is 2.18. The maximum absolute atomic E-state index is 5.85. The molecule has 0 aliphatic rings. The molecule has 1 aromatic carbocycles. The minimum absolute atomic E-state index is 0.564. The zero-order chi connectivity index (χ0) is 12.0. The van der Waals surface area contributed by atoms with Crippen molar-refractivity contribution in [2.45, 2.75) is 13.8 Å². The summed E-state index contributed by atoms with van der Waals surface area (Å²) in [6, 6.07) is 6.26. The van der Waals surface area contributed by atoms with E-state index in [1.807, 2.05) is 6.92 Å². The lowest BCUT2D eigenvalue weighted by Crippen LogP contribution is -1.85. The van der Waals surface area contributed by atoms with Gasteiger partial charge in [0.15, 0.2) is 5.76 Å². The number of rotatable bonds is 1. The largest absolute Gasteiger partial charge is 0.394 e. The van der Waals surface area contributed by atoms with Gasteiger partial charge in [-0.05, 0) is 25.5 Å². The number of benzene rings is 1. The number of nitrogens with one attached hydrogen (secondary N) is 1. The Morgan fingerprint density at radius 2 is 2.12 bits per heavy atom. The van der Waals surface area contributed by atoms with Crippen LogP contribution in [0.1, 0.15) is 11.3 Å². The number of fused-ring (bicyclic) bond motifs is 1. The lowest BCUT2D eigenvalue weighted by Gasteiger charge is -1.98. The Hall–Kier alpha value is -2.23. The summed E-state index contributed by atoms with van der Waals surface area (Å²) in [4.78, 5) is 3.34. The first-order chi connectivity index (χ1) is 8.16. The van der Waals surface area contributed by atoms with Gasteiger partial charge in [0, 0.05) is 16.6 Å². The second-order valence-electron chi connectivity index (χ2n) is 4.28. The second kappa shape index (κ2) is 3.38. The van der Waals surface area contributed by atoms with Gasteiger partial charge in [-0.15, -0.1) is 0 Å². The number of nitrogens with two attached hydrogens (primary N) is 1. The highest BCUT2D eigenvalue weighted by atomic mass is 16.5. The average molecular weight is 227 g/mol. The molecule has 86 valence electrons. The summed E-state index contributed by atoms with van der Waals surface area (Å²) in [6.07, 6.45) is 1.53. The fraction of sp³-hybridized carbons (Fsp3) is 0.154. The van der Waals surface area contributed by atoms with Crippen molar-refractivity contribution in [3.63, 3.8) is 0 Å². The zero-order valence-electron chi connectivity index (χ0n) is 9.74. The first-order valence-electron chi connectivity index (χ1n) is 5.46. The molecule has 0 saturated heterocycles. The molecule has 0 spiro atoms. The minimum Gasteiger partial charge on any atom is -0.394 e. The number of H-pyrrole nitrogens is 1. The van der Waals surface area contributed by atoms with E-state index in [-0.39, 0.29) is 0 Å². The van der Waals surface area contributed by atoms with E-state index < -0.39 is 0 Å². The van der Waals surface area contributed by atoms with Crippen LogP contribution in [0.25, 0.3) is 22.2 Å². The van der Waals surface area contributed by atoms with Crippen LogP contribution in [0.3, 0.4) is 0 Å². The van der Waals surface area contributed by atoms with Gasteiger partial charge >= 0.3 is 0 Å². The van der Waals surface area contributed by atoms with Crippen molar-refractivity contribution in [1.82, 2.24) is 10.1 Å². The second-order valence-corrected chi connectivity index (χ2v) is 4.28. The molecule has 0 bridgehead atoms. The molecule has 3 rings (SSSR count). The fourth-order valence-electron chi connectivity index (χ4n) is 2.18. The van der Waals surface area contributed by atoms with E-state index in [1.54, 1.807) is 0 Å². The number of hydrogen-bond acceptors (Lipinski definition) is 3. The van der Waals surface area contributed by atoms with Crippen LogP contribution in [-0.4, -0.2) is 10.1 Å². The van der Waals surface area contributed by atoms with E-state index in [1.165, 1.54) is 11.8 Å². The van der Waals surface area contributed by atoms with Gasteiger partial charge in [0.05, 0.1) is 11.8 Å². The van der Waals surface area contributed by atoms with Crippen molar-refractivity contribution in [3.8, 4) is 11.3 Å². The number of aromatic nitrogens is 2. The molecule has 4 heteroatoms. The smallest absolute Gasteiger partial charge is 0.192 e. The quantitative estimate of drug-likeness (QED) is 0.671. The van der Waals surface area contributed by atoms with Crippen molar-refractivity contribution in [1.29, 1.82) is 0 Å². The van der Waals surface area contributed by atoms with Crippen LogP contribution >= 0.6 is 0 Å². The van der Waals surface area contributed by atoms with Crippen LogP contribution in [0.4, 0.5) is 5.69 Å². The highest BCUT2D eigenvalue weighted by Crippen LogP contribution is 2.35. The third-order valence-corrected chi connectivity index (χ3v) is 2.97. The summed E-state index contributed by atoms with van der Waals surface area (Å²) < 4.78 is 5.23. The summed E-state index contributed by atoms with van der Waals surface area (Å²) in [5.41, 5.74) is 10.8. The van der Waals surface area contributed by atoms with E-state index in [2.05, 4.69) is 35.3 Å². The Morgan fingerprint density at radius 3 is 2.82 bits per heavy atom. The first-order valence-corrected chi connectivity index (χ1v) is 5.46. The van der Waals surface area contributed by atoms with Gasteiger partial charge in [0.2, 0.25) is 0 Å². The zero-order valence-corrected chi connectivity index (χ0v) is 9.74. The normalized spacial score (nSPS) is 11.2. The summed E-state index contributed by atoms with van der Waals surface area (Å²) in [5.74, 6) is 0.637. The van der Waals surface area contributed by atoms with E-state index in [0.717, 1.165) is 22.2 Å². The lowest BCUT2D eigenvalue weighted by atomic mass is 10.1. The Balaban J connectivity index is 2.37. The molecule has 0 radical (unpaired) electrons. The highest BCUT2D eigenvalue weighted by Gasteiger charge is 2.16. The van der Waals surface area contributed by atoms with Crippen molar-refractivity contribution in [3.05, 3.63) is 35.7 Å². The van der Waals surface area contributed by atoms with Crippen LogP contribution in [0, 0.1) is 13.8 Å². The van der Waals surface area contributed by atoms with Crippen molar-refractivity contribution in [2.75, 3.05) is 5.73 Å². The van der Waals surface area contributed by atoms with Crippen molar-refractivity contribution in [2.24, 2.45) is 0 Å². The summed E-state index contributed by atoms with van der Waals surface area (Å²) in [7, 11) is 0. The molecule has 0 aliphatic carbocycles. The number of aromatic amines is 1. The van der Waals surface area contributed by atoms with Crippen LogP contribution in [0.2, 0.25) is 0 Å². The third-order valence-electron chi connectivity index (χ3n) is 2.97. The molecule has 17 heavy (non-hydrogen) atoms. The molecule has 3 N–H and O–H groups in total. The molecule has 3 aromatic rings. The predicted octanol–water partition coefficient (Wildman–Crippen LogP) is 3.02. The lowest BCUT2D eigenvalue weighted by molar-refractivity contribution is 0.432. The Morgan fingerprint density at radius 1 is 1.29 bits per heavy atom. The molecule has 4 nitrogen and oxygen atoms in total. The van der Waals surface area contributed by atoms with Gasteiger partial charge in [-0.3, -0.25) is 0 Å². The summed E-state index contributed by atoms with van der Waals surface area (Å²) in [6.45, 7) is 4.07. The van der Waals surface area contributed by atoms with Crippen molar-refractivity contribution >= 4 is 16.6 Å². The van der Waals surface area contributed by atoms with Gasteiger partial charge < -0.3 is 15.2 Å². The van der Waals surface area contributed by atoms with Gasteiger partial charge in [-0.25, -0.2) is 0 Å². The van der Waals surface area contributed by atoms with Crippen LogP contribution in [0.15, 0.2) is 28.9 Å². The maximum Gasteiger partial charge on any atom is 0.192 e. The van der Waals surface area contributed by atoms with E-state index in [4.69, 9.17) is 10.3 Å². The van der Waals surface area contributed by atoms with Crippen molar-refractivity contribution < 1.29 is 4.52 Å². The van der Waals surface area contributed by atoms with Gasteiger partial charge in [-0.2, -0.15) is 0 Å². The summed E-state index contributed by atoms with van der Waals surface area (Å²) >= 11 is 0. The molecule has 2 heterocycles. The summed E-state index contributed by atoms with van der Waals surface area (Å²) in [5, 5.41) is 4.84. The minimum atomic E-state index is 0.564. The number of aryl methyl sites for hydroxylation is 2. The number of hydrogen-bond donors (Lipinski definition) is 2. The van der Waals surface area contributed by atoms with Crippen LogP contribution in [0.5, 0.6) is 0 Å². The van der Waals surface area contributed by atoms with Crippen LogP contribution in [-0.2, 0) is 0 Å². The molecule has 0 aliphatic heterocycles. The molecule has 0 amide bonds. The molecular formula is C13H13N3O. The number of nitrogens with zero attached hydrogens (tertiary/aromatic N) is 1. The molecular weight excluding hydrogens is 214 g/mol. The Kier molecular flexibility index (Phi) is 1.98. The van der Waals surface area contributed by atoms with E-state index in [0.29, 0.717) is 11.4 Å². The average Bonchev–Trinajstić information content (AvgIpc) is 2.80. The van der Waals surface area contributed by atoms with E-state index >= 15 is 0 Å². The molecule has 0 fully saturated rings. The standard InChI is InChI=1S/C13H13N3O/c1-7-3-4-9-11(5-7)16-8(2)12(9)13-10(14)6-15-17-13/h3-6,16H,14H2,1-2H3. The van der Waals surface area contributed by atoms with Gasteiger partial charge in [-0.1, -0.05) is 17.3 Å². The predicted molar refractivity (Wildman–Crippen MR) is 67.7 cm³/mol. The Labute approximate surface area is 98.4 Å². The number of anilines is 1. The van der Waals surface area contributed by atoms with Gasteiger partial charge in [0.25, 0.3) is 0 Å². The van der Waals surface area contributed by atoms with Gasteiger partial charge in [0.1, 0.15) is 5.69 Å². The van der Waals surface area contributed by atoms with Crippen LogP contribution < -0.4 is 5.73 Å². The SMILES string of the molecule is Cc1ccc2c(-c3oncc3N)c(C)[nH]c2c1. The third kappa shape index (κ3) is 1.41.